The van der Waals surface area contributed by atoms with Crippen molar-refractivity contribution in [2.24, 2.45) is 0 Å². The van der Waals surface area contributed by atoms with Gasteiger partial charge in [-0.1, -0.05) is 12.1 Å². The molecule has 7 nitrogen and oxygen atoms in total. The van der Waals surface area contributed by atoms with E-state index in [1.54, 1.807) is 6.07 Å². The Morgan fingerprint density at radius 3 is 2.63 bits per heavy atom. The number of hydrogen-bond acceptors (Lipinski definition) is 5. The van der Waals surface area contributed by atoms with Crippen LogP contribution in [0.3, 0.4) is 0 Å². The fraction of sp³-hybridized carbons (Fsp3) is 0.222. The molecule has 0 heterocycles. The van der Waals surface area contributed by atoms with Gasteiger partial charge in [-0.15, -0.1) is 0 Å². The highest BCUT2D eigenvalue weighted by Gasteiger charge is 2.12. The van der Waals surface area contributed by atoms with E-state index < -0.39 is 28.4 Å². The van der Waals surface area contributed by atoms with Gasteiger partial charge in [0.05, 0.1) is 10.5 Å². The van der Waals surface area contributed by atoms with Gasteiger partial charge in [0.25, 0.3) is 11.6 Å². The van der Waals surface area contributed by atoms with Crippen molar-refractivity contribution in [1.82, 2.24) is 5.32 Å². The third-order valence-corrected chi connectivity index (χ3v) is 3.54. The molecule has 0 aliphatic carbocycles. The van der Waals surface area contributed by atoms with Crippen molar-refractivity contribution < 1.29 is 28.0 Å². The molecule has 2 aromatic rings. The number of esters is 1. The summed E-state index contributed by atoms with van der Waals surface area (Å²) in [4.78, 5) is 33.6. The Kier molecular flexibility index (Phi) is 6.93. The van der Waals surface area contributed by atoms with Gasteiger partial charge in [0.15, 0.2) is 0 Å². The number of nitrogens with one attached hydrogen (secondary N) is 1. The number of nitro groups is 1. The molecule has 27 heavy (non-hydrogen) atoms. The normalized spacial score (nSPS) is 10.3. The molecular formula is C18H16F2N2O5. The highest BCUT2D eigenvalue weighted by Crippen LogP contribution is 2.14. The molecule has 0 radical (unpaired) electrons. The molecule has 142 valence electrons. The quantitative estimate of drug-likeness (QED) is 0.329. The molecule has 1 N–H and O–H groups in total. The van der Waals surface area contributed by atoms with Crippen molar-refractivity contribution in [2.45, 2.75) is 19.4 Å². The highest BCUT2D eigenvalue weighted by molar-refractivity contribution is 5.94. The summed E-state index contributed by atoms with van der Waals surface area (Å²) >= 11 is 0. The van der Waals surface area contributed by atoms with E-state index in [9.17, 15) is 28.5 Å². The first-order valence-corrected chi connectivity index (χ1v) is 7.99. The first-order valence-electron chi connectivity index (χ1n) is 7.99. The molecule has 0 fully saturated rings. The van der Waals surface area contributed by atoms with E-state index in [2.05, 4.69) is 5.32 Å². The van der Waals surface area contributed by atoms with E-state index in [1.807, 2.05) is 0 Å². The SMILES string of the molecule is O=C(CCCNC(=O)c1ccc(F)cc1F)OCc1cccc([N+](=O)[O-])c1. The Morgan fingerprint density at radius 2 is 1.93 bits per heavy atom. The first kappa shape index (κ1) is 20.0. The second-order valence-electron chi connectivity index (χ2n) is 5.57. The minimum absolute atomic E-state index is 0.00110. The molecule has 2 rings (SSSR count). The lowest BCUT2D eigenvalue weighted by Crippen LogP contribution is -2.26. The molecule has 0 bridgehead atoms. The molecule has 0 unspecified atom stereocenters. The number of carbonyl (C=O) groups is 2. The monoisotopic (exact) mass is 378 g/mol. The van der Waals surface area contributed by atoms with Gasteiger partial charge in [0, 0.05) is 31.2 Å². The van der Waals surface area contributed by atoms with Gasteiger partial charge < -0.3 is 10.1 Å². The third-order valence-electron chi connectivity index (χ3n) is 3.54. The van der Waals surface area contributed by atoms with Crippen LogP contribution in [0, 0.1) is 21.7 Å². The summed E-state index contributed by atoms with van der Waals surface area (Å²) in [7, 11) is 0. The van der Waals surface area contributed by atoms with Crippen LogP contribution in [0.5, 0.6) is 0 Å². The van der Waals surface area contributed by atoms with Crippen LogP contribution >= 0.6 is 0 Å². The second kappa shape index (κ2) is 9.37. The summed E-state index contributed by atoms with van der Waals surface area (Å²) in [6, 6.07) is 8.35. The predicted octanol–water partition coefficient (Wildman–Crippen LogP) is 3.13. The van der Waals surface area contributed by atoms with E-state index in [0.717, 1.165) is 12.1 Å². The zero-order chi connectivity index (χ0) is 19.8. The maximum atomic E-state index is 13.5. The lowest BCUT2D eigenvalue weighted by Gasteiger charge is -2.07. The molecule has 0 aromatic heterocycles. The van der Waals surface area contributed by atoms with Crippen molar-refractivity contribution in [3.63, 3.8) is 0 Å². The van der Waals surface area contributed by atoms with Gasteiger partial charge in [0.2, 0.25) is 0 Å². The Labute approximate surface area is 153 Å². The maximum Gasteiger partial charge on any atom is 0.306 e. The first-order chi connectivity index (χ1) is 12.9. The van der Waals surface area contributed by atoms with Crippen LogP contribution in [-0.4, -0.2) is 23.3 Å². The molecule has 9 heteroatoms. The molecule has 2 aromatic carbocycles. The number of amides is 1. The minimum Gasteiger partial charge on any atom is -0.461 e. The average Bonchev–Trinajstić information content (AvgIpc) is 2.63. The standard InChI is InChI=1S/C18H16F2N2O5/c19-13-6-7-15(16(20)10-13)18(24)21-8-2-5-17(23)27-11-12-3-1-4-14(9-12)22(25)26/h1,3-4,6-7,9-10H,2,5,8,11H2,(H,21,24). The van der Waals surface area contributed by atoms with Crippen LogP contribution in [0.25, 0.3) is 0 Å². The van der Waals surface area contributed by atoms with E-state index in [0.29, 0.717) is 11.6 Å². The van der Waals surface area contributed by atoms with Crippen LogP contribution in [0.1, 0.15) is 28.8 Å². The average molecular weight is 378 g/mol. The van der Waals surface area contributed by atoms with Gasteiger partial charge in [-0.2, -0.15) is 0 Å². The number of nitrogens with zero attached hydrogens (tertiary/aromatic N) is 1. The summed E-state index contributed by atoms with van der Waals surface area (Å²) in [6.07, 6.45) is 0.253. The summed E-state index contributed by atoms with van der Waals surface area (Å²) in [6.45, 7) is -0.00474. The molecule has 0 aliphatic heterocycles. The Balaban J connectivity index is 1.71. The Bertz CT molecular complexity index is 857. The van der Waals surface area contributed by atoms with Crippen LogP contribution < -0.4 is 5.32 Å². The summed E-state index contributed by atoms with van der Waals surface area (Å²) in [5, 5.41) is 13.1. The number of hydrogen-bond donors (Lipinski definition) is 1. The lowest BCUT2D eigenvalue weighted by molar-refractivity contribution is -0.384. The second-order valence-corrected chi connectivity index (χ2v) is 5.57. The highest BCUT2D eigenvalue weighted by atomic mass is 19.1. The van der Waals surface area contributed by atoms with Crippen molar-refractivity contribution in [3.8, 4) is 0 Å². The predicted molar refractivity (Wildman–Crippen MR) is 90.8 cm³/mol. The van der Waals surface area contributed by atoms with E-state index >= 15 is 0 Å². The van der Waals surface area contributed by atoms with Gasteiger partial charge in [0.1, 0.15) is 18.2 Å². The zero-order valence-electron chi connectivity index (χ0n) is 14.1. The van der Waals surface area contributed by atoms with Crippen molar-refractivity contribution in [1.29, 1.82) is 0 Å². The van der Waals surface area contributed by atoms with Gasteiger partial charge in [-0.25, -0.2) is 8.78 Å². The molecule has 1 amide bonds. The summed E-state index contributed by atoms with van der Waals surface area (Å²) < 4.78 is 31.3. The zero-order valence-corrected chi connectivity index (χ0v) is 14.1. The van der Waals surface area contributed by atoms with Crippen molar-refractivity contribution in [3.05, 3.63) is 75.3 Å². The smallest absolute Gasteiger partial charge is 0.306 e. The number of non-ortho nitro benzene ring substituents is 1. The fourth-order valence-corrected chi connectivity index (χ4v) is 2.20. The topological polar surface area (TPSA) is 98.5 Å². The number of nitro benzene ring substituents is 1. The van der Waals surface area contributed by atoms with Crippen LogP contribution in [0.15, 0.2) is 42.5 Å². The number of benzene rings is 2. The molecule has 0 atom stereocenters. The van der Waals surface area contributed by atoms with Crippen LogP contribution in [0.2, 0.25) is 0 Å². The van der Waals surface area contributed by atoms with E-state index in [4.69, 9.17) is 4.74 Å². The number of rotatable bonds is 8. The van der Waals surface area contributed by atoms with Gasteiger partial charge in [-0.05, 0) is 24.1 Å². The Morgan fingerprint density at radius 1 is 1.15 bits per heavy atom. The number of carbonyl (C=O) groups excluding carboxylic acids is 2. The molecule has 0 saturated heterocycles. The van der Waals surface area contributed by atoms with Crippen LogP contribution in [-0.2, 0) is 16.1 Å². The molecular weight excluding hydrogens is 362 g/mol. The largest absolute Gasteiger partial charge is 0.461 e. The fourth-order valence-electron chi connectivity index (χ4n) is 2.20. The van der Waals surface area contributed by atoms with Crippen LogP contribution in [0.4, 0.5) is 14.5 Å². The third kappa shape index (κ3) is 6.14. The van der Waals surface area contributed by atoms with E-state index in [-0.39, 0.29) is 37.2 Å². The lowest BCUT2D eigenvalue weighted by atomic mass is 10.2. The maximum absolute atomic E-state index is 13.5. The van der Waals surface area contributed by atoms with Gasteiger partial charge in [-0.3, -0.25) is 19.7 Å². The van der Waals surface area contributed by atoms with Crippen molar-refractivity contribution in [2.75, 3.05) is 6.54 Å². The minimum atomic E-state index is -0.969. The number of halogens is 2. The molecule has 0 aliphatic rings. The molecule has 0 spiro atoms. The van der Waals surface area contributed by atoms with Gasteiger partial charge >= 0.3 is 5.97 Å². The summed E-state index contributed by atoms with van der Waals surface area (Å²) in [5.41, 5.74) is 0.0987. The van der Waals surface area contributed by atoms with E-state index in [1.165, 1.54) is 18.2 Å². The van der Waals surface area contributed by atoms with Crippen molar-refractivity contribution >= 4 is 17.6 Å². The summed E-state index contributed by atoms with van der Waals surface area (Å²) in [5.74, 6) is -3.00. The molecule has 0 saturated carbocycles. The number of ether oxygens (including phenoxy) is 1. The Hall–Kier alpha value is -3.36.